The van der Waals surface area contributed by atoms with Crippen molar-refractivity contribution < 1.29 is 4.74 Å². The van der Waals surface area contributed by atoms with Crippen molar-refractivity contribution in [3.05, 3.63) is 41.5 Å². The minimum Gasteiger partial charge on any atom is -0.493 e. The first-order chi connectivity index (χ1) is 10.4. The van der Waals surface area contributed by atoms with Crippen LogP contribution in [0.25, 0.3) is 0 Å². The number of ether oxygens (including phenoxy) is 1. The van der Waals surface area contributed by atoms with E-state index in [9.17, 15) is 0 Å². The molecule has 0 radical (unpaired) electrons. The molecule has 3 heteroatoms. The smallest absolute Gasteiger partial charge is 0.122 e. The molecule has 3 nitrogen and oxygen atoms in total. The first-order valence-electron chi connectivity index (χ1n) is 8.24. The van der Waals surface area contributed by atoms with Gasteiger partial charge in [0.2, 0.25) is 0 Å². The van der Waals surface area contributed by atoms with Crippen molar-refractivity contribution >= 4 is 0 Å². The Morgan fingerprint density at radius 3 is 2.90 bits per heavy atom. The Hall–Kier alpha value is -1.32. The lowest BCUT2D eigenvalue weighted by Crippen LogP contribution is -2.46. The van der Waals surface area contributed by atoms with Gasteiger partial charge >= 0.3 is 0 Å². The lowest BCUT2D eigenvalue weighted by atomic mass is 9.83. The molecule has 21 heavy (non-hydrogen) atoms. The molecule has 0 amide bonds. The number of allylic oxidation sites excluding steroid dienone is 1. The summed E-state index contributed by atoms with van der Waals surface area (Å²) in [4.78, 5) is 0. The number of hydrogen-bond donors (Lipinski definition) is 2. The van der Waals surface area contributed by atoms with Gasteiger partial charge < -0.3 is 4.74 Å². The number of nitrogens with one attached hydrogen (secondary N) is 1. The topological polar surface area (TPSA) is 47.3 Å². The lowest BCUT2D eigenvalue weighted by molar-refractivity contribution is 0.194. The van der Waals surface area contributed by atoms with Crippen LogP contribution >= 0.6 is 0 Å². The molecule has 0 saturated carbocycles. The fraction of sp³-hybridized carbons (Fsp3) is 0.556. The average Bonchev–Trinajstić information content (AvgIpc) is 2.49. The van der Waals surface area contributed by atoms with Crippen molar-refractivity contribution in [1.82, 2.24) is 5.43 Å². The first kappa shape index (κ1) is 14.6. The molecule has 2 unspecified atom stereocenters. The molecule has 0 fully saturated rings. The molecule has 1 aromatic carbocycles. The van der Waals surface area contributed by atoms with Crippen LogP contribution in [0.15, 0.2) is 35.9 Å². The molecule has 3 N–H and O–H groups in total. The van der Waals surface area contributed by atoms with E-state index in [4.69, 9.17) is 10.6 Å². The minimum atomic E-state index is 0.247. The normalized spacial score (nSPS) is 26.5. The Balaban J connectivity index is 1.74. The quantitative estimate of drug-likeness (QED) is 0.509. The highest BCUT2D eigenvalue weighted by molar-refractivity contribution is 5.36. The highest BCUT2D eigenvalue weighted by Gasteiger charge is 2.29. The van der Waals surface area contributed by atoms with Crippen LogP contribution in [-0.2, 0) is 6.42 Å². The fourth-order valence-electron chi connectivity index (χ4n) is 3.61. The van der Waals surface area contributed by atoms with Gasteiger partial charge in [-0.2, -0.15) is 0 Å². The third-order valence-electron chi connectivity index (χ3n) is 4.78. The monoisotopic (exact) mass is 286 g/mol. The maximum absolute atomic E-state index is 5.94. The van der Waals surface area contributed by atoms with Crippen molar-refractivity contribution in [3.63, 3.8) is 0 Å². The summed E-state index contributed by atoms with van der Waals surface area (Å²) in [6.45, 7) is 0.753. The molecule has 2 aliphatic rings. The summed E-state index contributed by atoms with van der Waals surface area (Å²) in [5.74, 6) is 7.36. The van der Waals surface area contributed by atoms with Crippen LogP contribution in [-0.4, -0.2) is 12.6 Å². The maximum atomic E-state index is 5.94. The van der Waals surface area contributed by atoms with Gasteiger partial charge in [0.05, 0.1) is 6.61 Å². The van der Waals surface area contributed by atoms with E-state index in [1.807, 2.05) is 6.07 Å². The molecule has 1 aliphatic carbocycles. The summed E-state index contributed by atoms with van der Waals surface area (Å²) < 4.78 is 5.94. The van der Waals surface area contributed by atoms with Crippen LogP contribution in [0.4, 0.5) is 0 Å². The predicted octanol–water partition coefficient (Wildman–Crippen LogP) is 3.35. The first-order valence-corrected chi connectivity index (χ1v) is 8.24. The third-order valence-corrected chi connectivity index (χ3v) is 4.78. The molecule has 2 atom stereocenters. The van der Waals surface area contributed by atoms with Crippen LogP contribution < -0.4 is 16.0 Å². The van der Waals surface area contributed by atoms with Crippen LogP contribution in [0.2, 0.25) is 0 Å². The Morgan fingerprint density at radius 2 is 2.00 bits per heavy atom. The molecule has 0 spiro atoms. The van der Waals surface area contributed by atoms with Gasteiger partial charge in [0.1, 0.15) is 5.75 Å². The number of fused-ring (bicyclic) bond motifs is 1. The zero-order chi connectivity index (χ0) is 14.5. The molecular formula is C18H26N2O. The van der Waals surface area contributed by atoms with Crippen molar-refractivity contribution in [2.75, 3.05) is 6.61 Å². The van der Waals surface area contributed by atoms with Crippen LogP contribution in [0.1, 0.15) is 44.1 Å². The van der Waals surface area contributed by atoms with E-state index in [1.54, 1.807) is 0 Å². The summed E-state index contributed by atoms with van der Waals surface area (Å²) in [6, 6.07) is 8.60. The van der Waals surface area contributed by atoms with E-state index in [-0.39, 0.29) is 6.04 Å². The summed E-state index contributed by atoms with van der Waals surface area (Å²) >= 11 is 0. The summed E-state index contributed by atoms with van der Waals surface area (Å²) in [5, 5.41) is 0. The highest BCUT2D eigenvalue weighted by Crippen LogP contribution is 2.31. The van der Waals surface area contributed by atoms with E-state index >= 15 is 0 Å². The predicted molar refractivity (Wildman–Crippen MR) is 86.0 cm³/mol. The summed E-state index contributed by atoms with van der Waals surface area (Å²) in [6.07, 6.45) is 11.1. The Labute approximate surface area is 127 Å². The number of hydrogen-bond acceptors (Lipinski definition) is 3. The van der Waals surface area contributed by atoms with Gasteiger partial charge in [0.15, 0.2) is 0 Å². The molecule has 114 valence electrons. The summed E-state index contributed by atoms with van der Waals surface area (Å²) in [7, 11) is 0. The van der Waals surface area contributed by atoms with Gasteiger partial charge in [-0.15, -0.1) is 0 Å². The van der Waals surface area contributed by atoms with E-state index in [1.165, 1.54) is 49.7 Å². The van der Waals surface area contributed by atoms with Crippen LogP contribution in [0, 0.1) is 5.92 Å². The molecule has 3 rings (SSSR count). The van der Waals surface area contributed by atoms with Crippen LogP contribution in [0.3, 0.4) is 0 Å². The second kappa shape index (κ2) is 7.10. The van der Waals surface area contributed by atoms with E-state index < -0.39 is 0 Å². The second-order valence-electron chi connectivity index (χ2n) is 6.26. The maximum Gasteiger partial charge on any atom is 0.122 e. The molecule has 1 aliphatic heterocycles. The van der Waals surface area contributed by atoms with Gasteiger partial charge in [-0.1, -0.05) is 42.7 Å². The zero-order valence-corrected chi connectivity index (χ0v) is 12.7. The number of rotatable bonds is 3. The van der Waals surface area contributed by atoms with Gasteiger partial charge in [-0.05, 0) is 43.7 Å². The Kier molecular flexibility index (Phi) is 4.94. The molecule has 0 bridgehead atoms. The average molecular weight is 286 g/mol. The van der Waals surface area contributed by atoms with Crippen molar-refractivity contribution in [1.29, 1.82) is 0 Å². The Bertz CT molecular complexity index is 498. The van der Waals surface area contributed by atoms with Gasteiger partial charge in [0.25, 0.3) is 0 Å². The molecule has 0 aromatic heterocycles. The molecule has 1 aromatic rings. The number of para-hydroxylation sites is 1. The van der Waals surface area contributed by atoms with Gasteiger partial charge in [0, 0.05) is 12.0 Å². The SMILES string of the molecule is NNC(/C1=C/CCCCCC1)C1COc2ccccc2C1. The minimum absolute atomic E-state index is 0.247. The standard InChI is InChI=1S/C18H26N2O/c19-20-18(14-8-4-2-1-3-5-9-14)16-12-15-10-6-7-11-17(15)21-13-16/h6-8,10-11,16,18,20H,1-5,9,12-13,19H2/b14-8+. The van der Waals surface area contributed by atoms with E-state index in [2.05, 4.69) is 29.7 Å². The molecule has 0 saturated heterocycles. The molecular weight excluding hydrogens is 260 g/mol. The number of benzene rings is 1. The zero-order valence-electron chi connectivity index (χ0n) is 12.7. The molecule has 1 heterocycles. The van der Waals surface area contributed by atoms with Gasteiger partial charge in [-0.25, -0.2) is 0 Å². The van der Waals surface area contributed by atoms with Crippen LogP contribution in [0.5, 0.6) is 5.75 Å². The fourth-order valence-corrected chi connectivity index (χ4v) is 3.61. The van der Waals surface area contributed by atoms with Crippen molar-refractivity contribution in [2.45, 2.75) is 51.0 Å². The van der Waals surface area contributed by atoms with Crippen molar-refractivity contribution in [2.24, 2.45) is 11.8 Å². The number of hydrazine groups is 1. The largest absolute Gasteiger partial charge is 0.493 e. The van der Waals surface area contributed by atoms with Gasteiger partial charge in [-0.3, -0.25) is 11.3 Å². The van der Waals surface area contributed by atoms with E-state index in [0.717, 1.165) is 18.8 Å². The Morgan fingerprint density at radius 1 is 1.14 bits per heavy atom. The second-order valence-corrected chi connectivity index (χ2v) is 6.26. The third kappa shape index (κ3) is 3.47. The highest BCUT2D eigenvalue weighted by atomic mass is 16.5. The van der Waals surface area contributed by atoms with Crippen molar-refractivity contribution in [3.8, 4) is 5.75 Å². The van der Waals surface area contributed by atoms with E-state index in [0.29, 0.717) is 5.92 Å². The number of nitrogens with two attached hydrogens (primary N) is 1. The summed E-state index contributed by atoms with van der Waals surface area (Å²) in [5.41, 5.74) is 5.87. The lowest BCUT2D eigenvalue weighted by Gasteiger charge is -2.33.